The molecule has 0 unspecified atom stereocenters. The zero-order valence-electron chi connectivity index (χ0n) is 18.5. The number of nitrogens with zero attached hydrogens (tertiary/aromatic N) is 2. The molecule has 1 fully saturated rings. The lowest BCUT2D eigenvalue weighted by molar-refractivity contribution is -0.136. The van der Waals surface area contributed by atoms with Gasteiger partial charge in [0.05, 0.1) is 11.4 Å². The van der Waals surface area contributed by atoms with Gasteiger partial charge in [0.1, 0.15) is 11.5 Å². The molecular weight excluding hydrogens is 400 g/mol. The second-order valence-electron chi connectivity index (χ2n) is 9.16. The minimum atomic E-state index is -3.55. The first-order chi connectivity index (χ1) is 14.0. The molecule has 1 aliphatic heterocycles. The molecule has 1 amide bonds. The molecule has 0 aliphatic carbocycles. The van der Waals surface area contributed by atoms with Crippen molar-refractivity contribution >= 4 is 15.9 Å². The average molecular weight is 433 g/mol. The predicted octanol–water partition coefficient (Wildman–Crippen LogP) is 3.94. The number of piperidine rings is 1. The summed E-state index contributed by atoms with van der Waals surface area (Å²) in [5, 5.41) is 0. The Balaban J connectivity index is 1.60. The van der Waals surface area contributed by atoms with Gasteiger partial charge < -0.3 is 9.32 Å². The lowest BCUT2D eigenvalue weighted by Gasteiger charge is -2.32. The maximum Gasteiger partial charge on any atom is 0.243 e. The quantitative estimate of drug-likeness (QED) is 0.717. The highest BCUT2D eigenvalue weighted by Crippen LogP contribution is 2.28. The molecule has 3 rings (SSSR count). The number of hydrogen-bond acceptors (Lipinski definition) is 4. The fraction of sp³-hybridized carbons (Fsp3) is 0.522. The van der Waals surface area contributed by atoms with Crippen molar-refractivity contribution in [2.45, 2.75) is 57.4 Å². The number of furan rings is 1. The average Bonchev–Trinajstić information content (AvgIpc) is 3.11. The first-order valence-electron chi connectivity index (χ1n) is 10.4. The van der Waals surface area contributed by atoms with Crippen LogP contribution in [0.2, 0.25) is 0 Å². The molecule has 0 saturated carbocycles. The summed E-state index contributed by atoms with van der Waals surface area (Å²) >= 11 is 0. The van der Waals surface area contributed by atoms with Gasteiger partial charge in [-0.15, -0.1) is 0 Å². The summed E-state index contributed by atoms with van der Waals surface area (Å²) in [6.45, 7) is 9.30. The third kappa shape index (κ3) is 4.95. The molecule has 6 nitrogen and oxygen atoms in total. The summed E-state index contributed by atoms with van der Waals surface area (Å²) in [6.07, 6.45) is 1.05. The molecule has 1 aliphatic rings. The Kier molecular flexibility index (Phi) is 6.43. The fourth-order valence-electron chi connectivity index (χ4n) is 3.81. The topological polar surface area (TPSA) is 70.8 Å². The zero-order chi connectivity index (χ0) is 22.1. The molecule has 7 heteroatoms. The van der Waals surface area contributed by atoms with Crippen LogP contribution in [0.15, 0.2) is 45.7 Å². The third-order valence-corrected chi connectivity index (χ3v) is 7.64. The molecular formula is C23H32N2O4S. The summed E-state index contributed by atoms with van der Waals surface area (Å²) in [5.74, 6) is 1.44. The number of sulfonamides is 1. The molecule has 30 heavy (non-hydrogen) atoms. The Labute approximate surface area is 179 Å². The number of benzene rings is 1. The maximum atomic E-state index is 13.0. The fourth-order valence-corrected chi connectivity index (χ4v) is 5.28. The molecule has 2 aromatic rings. The van der Waals surface area contributed by atoms with E-state index in [-0.39, 0.29) is 17.2 Å². The normalized spacial score (nSPS) is 16.6. The summed E-state index contributed by atoms with van der Waals surface area (Å²) in [7, 11) is -1.78. The van der Waals surface area contributed by atoms with E-state index >= 15 is 0 Å². The van der Waals surface area contributed by atoms with Crippen LogP contribution in [0.5, 0.6) is 0 Å². The van der Waals surface area contributed by atoms with Gasteiger partial charge in [0.15, 0.2) is 0 Å². The lowest BCUT2D eigenvalue weighted by atomic mass is 9.87. The van der Waals surface area contributed by atoms with Crippen LogP contribution >= 0.6 is 0 Å². The number of carbonyl (C=O) groups is 1. The van der Waals surface area contributed by atoms with Gasteiger partial charge >= 0.3 is 0 Å². The van der Waals surface area contributed by atoms with E-state index in [4.69, 9.17) is 4.42 Å². The molecule has 1 saturated heterocycles. The van der Waals surface area contributed by atoms with Crippen LogP contribution in [0, 0.1) is 12.8 Å². The van der Waals surface area contributed by atoms with Crippen LogP contribution in [0.4, 0.5) is 0 Å². The zero-order valence-corrected chi connectivity index (χ0v) is 19.3. The van der Waals surface area contributed by atoms with Crippen LogP contribution < -0.4 is 0 Å². The van der Waals surface area contributed by atoms with Crippen molar-refractivity contribution in [1.29, 1.82) is 0 Å². The highest BCUT2D eigenvalue weighted by molar-refractivity contribution is 7.89. The Bertz CT molecular complexity index is 979. The van der Waals surface area contributed by atoms with E-state index in [1.807, 2.05) is 31.2 Å². The Hall–Kier alpha value is -2.12. The van der Waals surface area contributed by atoms with Gasteiger partial charge in [-0.05, 0) is 55.0 Å². The van der Waals surface area contributed by atoms with E-state index < -0.39 is 10.0 Å². The second-order valence-corrected chi connectivity index (χ2v) is 11.1. The summed E-state index contributed by atoms with van der Waals surface area (Å²) < 4.78 is 33.1. The molecule has 0 spiro atoms. The lowest BCUT2D eigenvalue weighted by Crippen LogP contribution is -2.43. The van der Waals surface area contributed by atoms with Crippen molar-refractivity contribution in [1.82, 2.24) is 9.21 Å². The number of rotatable bonds is 5. The predicted molar refractivity (Wildman–Crippen MR) is 117 cm³/mol. The van der Waals surface area contributed by atoms with Crippen molar-refractivity contribution in [3.8, 4) is 0 Å². The van der Waals surface area contributed by atoms with Crippen LogP contribution in [0.1, 0.15) is 50.7 Å². The van der Waals surface area contributed by atoms with Crippen LogP contribution in [0.25, 0.3) is 0 Å². The van der Waals surface area contributed by atoms with E-state index in [1.165, 1.54) is 4.31 Å². The van der Waals surface area contributed by atoms with Crippen molar-refractivity contribution in [3.63, 3.8) is 0 Å². The van der Waals surface area contributed by atoms with Gasteiger partial charge in [-0.25, -0.2) is 8.42 Å². The Morgan fingerprint density at radius 3 is 2.20 bits per heavy atom. The van der Waals surface area contributed by atoms with Crippen molar-refractivity contribution in [3.05, 3.63) is 53.5 Å². The highest BCUT2D eigenvalue weighted by atomic mass is 32.2. The monoisotopic (exact) mass is 432 g/mol. The van der Waals surface area contributed by atoms with E-state index in [0.29, 0.717) is 37.4 Å². The summed E-state index contributed by atoms with van der Waals surface area (Å²) in [4.78, 5) is 14.8. The number of aryl methyl sites for hydroxylation is 1. The largest absolute Gasteiger partial charge is 0.464 e. The highest BCUT2D eigenvalue weighted by Gasteiger charge is 2.33. The van der Waals surface area contributed by atoms with Gasteiger partial charge in [0.2, 0.25) is 15.9 Å². The SMILES string of the molecule is Cc1ccc(CN(C)C(=O)C2CCN(S(=O)(=O)c3ccc(C(C)(C)C)cc3)CC2)o1. The van der Waals surface area contributed by atoms with E-state index in [0.717, 1.165) is 17.1 Å². The van der Waals surface area contributed by atoms with E-state index in [9.17, 15) is 13.2 Å². The maximum absolute atomic E-state index is 13.0. The first kappa shape index (κ1) is 22.6. The summed E-state index contributed by atoms with van der Waals surface area (Å²) in [5.41, 5.74) is 1.07. The molecule has 0 bridgehead atoms. The third-order valence-electron chi connectivity index (χ3n) is 5.73. The van der Waals surface area contributed by atoms with E-state index in [2.05, 4.69) is 20.8 Å². The smallest absolute Gasteiger partial charge is 0.243 e. The molecule has 0 atom stereocenters. The Morgan fingerprint density at radius 2 is 1.70 bits per heavy atom. The minimum absolute atomic E-state index is 0.0264. The molecule has 1 aromatic carbocycles. The minimum Gasteiger partial charge on any atom is -0.464 e. The number of hydrogen-bond donors (Lipinski definition) is 0. The van der Waals surface area contributed by atoms with Crippen molar-refractivity contribution in [2.75, 3.05) is 20.1 Å². The van der Waals surface area contributed by atoms with Crippen LogP contribution in [-0.2, 0) is 26.8 Å². The standard InChI is InChI=1S/C23H32N2O4S/c1-17-6-9-20(29-17)16-24(5)22(26)18-12-14-25(15-13-18)30(27,28)21-10-7-19(8-11-21)23(2,3)4/h6-11,18H,12-16H2,1-5H3. The molecule has 1 aromatic heterocycles. The van der Waals surface area contributed by atoms with Gasteiger partial charge in [-0.2, -0.15) is 4.31 Å². The number of amides is 1. The van der Waals surface area contributed by atoms with Crippen molar-refractivity contribution < 1.29 is 17.6 Å². The summed E-state index contributed by atoms with van der Waals surface area (Å²) in [6, 6.07) is 10.9. The van der Waals surface area contributed by atoms with Crippen molar-refractivity contribution in [2.24, 2.45) is 5.92 Å². The van der Waals surface area contributed by atoms with E-state index in [1.54, 1.807) is 24.1 Å². The first-order valence-corrected chi connectivity index (χ1v) is 11.8. The molecule has 2 heterocycles. The van der Waals surface area contributed by atoms with Gasteiger partial charge in [0, 0.05) is 26.1 Å². The Morgan fingerprint density at radius 1 is 1.10 bits per heavy atom. The number of carbonyl (C=O) groups excluding carboxylic acids is 1. The second kappa shape index (κ2) is 8.55. The molecule has 0 N–H and O–H groups in total. The van der Waals surface area contributed by atoms with Gasteiger partial charge in [0.25, 0.3) is 0 Å². The van der Waals surface area contributed by atoms with Crippen LogP contribution in [0.3, 0.4) is 0 Å². The van der Waals surface area contributed by atoms with Gasteiger partial charge in [-0.1, -0.05) is 32.9 Å². The molecule has 0 radical (unpaired) electrons. The van der Waals surface area contributed by atoms with Gasteiger partial charge in [-0.3, -0.25) is 4.79 Å². The molecule has 164 valence electrons. The van der Waals surface area contributed by atoms with Crippen LogP contribution in [-0.4, -0.2) is 43.7 Å².